The van der Waals surface area contributed by atoms with Gasteiger partial charge in [0.2, 0.25) is 0 Å². The number of hydrogen-bond donors (Lipinski definition) is 0. The highest BCUT2D eigenvalue weighted by Gasteiger charge is 2.05. The van der Waals surface area contributed by atoms with Crippen LogP contribution in [0.25, 0.3) is 22.2 Å². The minimum atomic E-state index is -0.206. The zero-order valence-corrected chi connectivity index (χ0v) is 11.9. The van der Waals surface area contributed by atoms with Crippen LogP contribution in [0.4, 0.5) is 4.39 Å². The monoisotopic (exact) mass is 265 g/mol. The van der Waals surface area contributed by atoms with E-state index in [1.165, 1.54) is 17.2 Å². The summed E-state index contributed by atoms with van der Waals surface area (Å²) in [5, 5.41) is 0.969. The average Bonchev–Trinajstić information content (AvgIpc) is 2.38. The number of nitrogens with zero attached hydrogens (tertiary/aromatic N) is 1. The summed E-state index contributed by atoms with van der Waals surface area (Å²) < 4.78 is 13.7. The summed E-state index contributed by atoms with van der Waals surface area (Å²) in [4.78, 5) is 4.59. The molecule has 0 saturated heterocycles. The van der Waals surface area contributed by atoms with Gasteiger partial charge < -0.3 is 0 Å². The predicted octanol–water partition coefficient (Wildman–Crippen LogP) is 4.97. The number of hydrogen-bond acceptors (Lipinski definition) is 1. The molecule has 1 heterocycles. The van der Waals surface area contributed by atoms with Gasteiger partial charge in [-0.1, -0.05) is 23.3 Å². The van der Waals surface area contributed by atoms with Gasteiger partial charge in [0, 0.05) is 17.0 Å². The number of halogens is 1. The Morgan fingerprint density at radius 2 is 1.55 bits per heavy atom. The van der Waals surface area contributed by atoms with Crippen molar-refractivity contribution >= 4 is 10.9 Å². The van der Waals surface area contributed by atoms with Crippen LogP contribution in [0, 0.1) is 26.6 Å². The molecular weight excluding hydrogens is 249 g/mol. The third kappa shape index (κ3) is 2.29. The first-order valence-corrected chi connectivity index (χ1v) is 6.68. The van der Waals surface area contributed by atoms with Crippen molar-refractivity contribution in [3.63, 3.8) is 0 Å². The van der Waals surface area contributed by atoms with Crippen molar-refractivity contribution < 1.29 is 4.39 Å². The van der Waals surface area contributed by atoms with Gasteiger partial charge >= 0.3 is 0 Å². The smallest absolute Gasteiger partial charge is 0.128 e. The standard InChI is InChI=1S/C18H16FN/c1-11-6-12(2)8-15(7-11)17-5-4-14-9-13(3)16(19)10-18(14)20-17/h4-10H,1-3H3. The van der Waals surface area contributed by atoms with Crippen LogP contribution in [0.3, 0.4) is 0 Å². The fourth-order valence-electron chi connectivity index (χ4n) is 2.54. The summed E-state index contributed by atoms with van der Waals surface area (Å²) in [5.74, 6) is -0.206. The lowest BCUT2D eigenvalue weighted by molar-refractivity contribution is 0.620. The second-order valence-corrected chi connectivity index (χ2v) is 5.37. The molecule has 0 aliphatic heterocycles. The third-order valence-electron chi connectivity index (χ3n) is 3.49. The number of aromatic nitrogens is 1. The Bertz CT molecular complexity index is 786. The maximum atomic E-state index is 13.7. The van der Waals surface area contributed by atoms with Crippen molar-refractivity contribution in [1.82, 2.24) is 4.98 Å². The van der Waals surface area contributed by atoms with Crippen LogP contribution in [-0.2, 0) is 0 Å². The Kier molecular flexibility index (Phi) is 3.01. The summed E-state index contributed by atoms with van der Waals surface area (Å²) in [5.41, 5.74) is 5.72. The van der Waals surface area contributed by atoms with Gasteiger partial charge in [-0.25, -0.2) is 9.37 Å². The fourth-order valence-corrected chi connectivity index (χ4v) is 2.54. The number of rotatable bonds is 1. The molecule has 0 saturated carbocycles. The van der Waals surface area contributed by atoms with Gasteiger partial charge in [0.1, 0.15) is 5.82 Å². The molecule has 0 aliphatic carbocycles. The molecule has 0 radical (unpaired) electrons. The highest BCUT2D eigenvalue weighted by molar-refractivity contribution is 5.82. The summed E-state index contributed by atoms with van der Waals surface area (Å²) in [7, 11) is 0. The molecule has 2 aromatic carbocycles. The van der Waals surface area contributed by atoms with Crippen LogP contribution in [0.1, 0.15) is 16.7 Å². The molecule has 0 bridgehead atoms. The van der Waals surface area contributed by atoms with E-state index in [-0.39, 0.29) is 5.82 Å². The Morgan fingerprint density at radius 3 is 2.25 bits per heavy atom. The molecule has 20 heavy (non-hydrogen) atoms. The van der Waals surface area contributed by atoms with Crippen LogP contribution in [0.2, 0.25) is 0 Å². The molecular formula is C18H16FN. The van der Waals surface area contributed by atoms with E-state index in [0.717, 1.165) is 16.6 Å². The lowest BCUT2D eigenvalue weighted by Crippen LogP contribution is -1.90. The van der Waals surface area contributed by atoms with Gasteiger partial charge in [-0.3, -0.25) is 0 Å². The molecule has 3 rings (SSSR count). The first kappa shape index (κ1) is 12.8. The highest BCUT2D eigenvalue weighted by atomic mass is 19.1. The van der Waals surface area contributed by atoms with Gasteiger partial charge in [0.15, 0.2) is 0 Å². The summed E-state index contributed by atoms with van der Waals surface area (Å²) in [6, 6.07) is 13.7. The zero-order chi connectivity index (χ0) is 14.3. The minimum Gasteiger partial charge on any atom is -0.248 e. The largest absolute Gasteiger partial charge is 0.248 e. The lowest BCUT2D eigenvalue weighted by atomic mass is 10.0. The molecule has 1 nitrogen and oxygen atoms in total. The summed E-state index contributed by atoms with van der Waals surface area (Å²) >= 11 is 0. The predicted molar refractivity (Wildman–Crippen MR) is 81.3 cm³/mol. The number of aryl methyl sites for hydroxylation is 3. The van der Waals surface area contributed by atoms with Crippen molar-refractivity contribution in [3.05, 3.63) is 65.0 Å². The van der Waals surface area contributed by atoms with E-state index in [1.54, 1.807) is 6.92 Å². The number of pyridine rings is 1. The van der Waals surface area contributed by atoms with Crippen molar-refractivity contribution in [2.45, 2.75) is 20.8 Å². The molecule has 1 aromatic heterocycles. The summed E-state index contributed by atoms with van der Waals surface area (Å²) in [6.45, 7) is 5.91. The van der Waals surface area contributed by atoms with Crippen LogP contribution in [0.5, 0.6) is 0 Å². The van der Waals surface area contributed by atoms with Crippen molar-refractivity contribution in [2.24, 2.45) is 0 Å². The molecule has 2 heteroatoms. The zero-order valence-electron chi connectivity index (χ0n) is 11.9. The normalized spacial score (nSPS) is 11.0. The van der Waals surface area contributed by atoms with E-state index in [0.29, 0.717) is 11.1 Å². The van der Waals surface area contributed by atoms with Crippen molar-refractivity contribution in [1.29, 1.82) is 0 Å². The summed E-state index contributed by atoms with van der Waals surface area (Å²) in [6.07, 6.45) is 0. The molecule has 0 aliphatic rings. The number of benzene rings is 2. The first-order chi connectivity index (χ1) is 9.52. The molecule has 0 unspecified atom stereocenters. The van der Waals surface area contributed by atoms with E-state index in [9.17, 15) is 4.39 Å². The van der Waals surface area contributed by atoms with Crippen LogP contribution >= 0.6 is 0 Å². The second-order valence-electron chi connectivity index (χ2n) is 5.37. The average molecular weight is 265 g/mol. The highest BCUT2D eigenvalue weighted by Crippen LogP contribution is 2.24. The fraction of sp³-hybridized carbons (Fsp3) is 0.167. The van der Waals surface area contributed by atoms with Gasteiger partial charge in [-0.15, -0.1) is 0 Å². The van der Waals surface area contributed by atoms with Gasteiger partial charge in [0.05, 0.1) is 11.2 Å². The molecule has 0 N–H and O–H groups in total. The second kappa shape index (κ2) is 4.71. The molecule has 0 amide bonds. The van der Waals surface area contributed by atoms with Gasteiger partial charge in [0.25, 0.3) is 0 Å². The maximum Gasteiger partial charge on any atom is 0.128 e. The Balaban J connectivity index is 2.19. The first-order valence-electron chi connectivity index (χ1n) is 6.68. The van der Waals surface area contributed by atoms with Crippen molar-refractivity contribution in [3.8, 4) is 11.3 Å². The Hall–Kier alpha value is -2.22. The molecule has 3 aromatic rings. The lowest BCUT2D eigenvalue weighted by Gasteiger charge is -2.07. The van der Waals surface area contributed by atoms with E-state index >= 15 is 0 Å². The third-order valence-corrected chi connectivity index (χ3v) is 3.49. The molecule has 0 atom stereocenters. The molecule has 0 fully saturated rings. The van der Waals surface area contributed by atoms with E-state index < -0.39 is 0 Å². The maximum absolute atomic E-state index is 13.7. The van der Waals surface area contributed by atoms with Crippen LogP contribution in [-0.4, -0.2) is 4.98 Å². The van der Waals surface area contributed by atoms with E-state index in [4.69, 9.17) is 0 Å². The van der Waals surface area contributed by atoms with Crippen LogP contribution < -0.4 is 0 Å². The topological polar surface area (TPSA) is 12.9 Å². The van der Waals surface area contributed by atoms with Gasteiger partial charge in [-0.2, -0.15) is 0 Å². The number of fused-ring (bicyclic) bond motifs is 1. The van der Waals surface area contributed by atoms with E-state index in [2.05, 4.69) is 37.0 Å². The SMILES string of the molecule is Cc1cc(C)cc(-c2ccc3cc(C)c(F)cc3n2)c1. The Morgan fingerprint density at radius 1 is 0.850 bits per heavy atom. The van der Waals surface area contributed by atoms with Crippen molar-refractivity contribution in [2.75, 3.05) is 0 Å². The molecule has 100 valence electrons. The van der Waals surface area contributed by atoms with Crippen LogP contribution in [0.15, 0.2) is 42.5 Å². The Labute approximate surface area is 118 Å². The van der Waals surface area contributed by atoms with E-state index in [1.807, 2.05) is 18.2 Å². The minimum absolute atomic E-state index is 0.206. The quantitative estimate of drug-likeness (QED) is 0.605. The van der Waals surface area contributed by atoms with Gasteiger partial charge in [-0.05, 0) is 50.6 Å². The molecule has 0 spiro atoms.